The molecule has 3 heteroatoms. The SMILES string of the molecule is O=C(Cc1ccsc1)NCC1CC1. The summed E-state index contributed by atoms with van der Waals surface area (Å²) in [5.41, 5.74) is 1.12. The standard InChI is InChI=1S/C10H13NOS/c12-10(11-6-8-1-2-8)5-9-3-4-13-7-9/h3-4,7-8H,1-2,5-6H2,(H,11,12). The Morgan fingerprint density at radius 1 is 1.62 bits per heavy atom. The molecule has 1 aromatic rings. The number of carbonyl (C=O) groups is 1. The predicted molar refractivity (Wildman–Crippen MR) is 53.8 cm³/mol. The van der Waals surface area contributed by atoms with Crippen LogP contribution in [0.5, 0.6) is 0 Å². The number of rotatable bonds is 4. The van der Waals surface area contributed by atoms with E-state index in [1.165, 1.54) is 12.8 Å². The average molecular weight is 195 g/mol. The van der Waals surface area contributed by atoms with Gasteiger partial charge in [-0.1, -0.05) is 0 Å². The number of hydrogen-bond acceptors (Lipinski definition) is 2. The molecule has 1 heterocycles. The van der Waals surface area contributed by atoms with Crippen LogP contribution in [0.2, 0.25) is 0 Å². The topological polar surface area (TPSA) is 29.1 Å². The maximum Gasteiger partial charge on any atom is 0.224 e. The molecule has 0 bridgehead atoms. The lowest BCUT2D eigenvalue weighted by Crippen LogP contribution is -2.26. The maximum atomic E-state index is 11.3. The number of thiophene rings is 1. The Bertz CT molecular complexity index is 277. The zero-order chi connectivity index (χ0) is 9.10. The summed E-state index contributed by atoms with van der Waals surface area (Å²) in [6.07, 6.45) is 3.12. The van der Waals surface area contributed by atoms with Gasteiger partial charge >= 0.3 is 0 Å². The van der Waals surface area contributed by atoms with Crippen LogP contribution in [0.1, 0.15) is 18.4 Å². The van der Waals surface area contributed by atoms with Crippen molar-refractivity contribution in [3.05, 3.63) is 22.4 Å². The zero-order valence-electron chi connectivity index (χ0n) is 7.45. The molecule has 0 spiro atoms. The van der Waals surface area contributed by atoms with Gasteiger partial charge in [0.1, 0.15) is 0 Å². The summed E-state index contributed by atoms with van der Waals surface area (Å²) in [7, 11) is 0. The van der Waals surface area contributed by atoms with Gasteiger partial charge in [0.15, 0.2) is 0 Å². The second-order valence-electron chi connectivity index (χ2n) is 3.56. The van der Waals surface area contributed by atoms with Gasteiger partial charge in [0.05, 0.1) is 6.42 Å². The van der Waals surface area contributed by atoms with Crippen molar-refractivity contribution in [3.8, 4) is 0 Å². The molecule has 1 saturated carbocycles. The average Bonchev–Trinajstić information content (AvgIpc) is 2.82. The molecule has 2 nitrogen and oxygen atoms in total. The van der Waals surface area contributed by atoms with E-state index in [4.69, 9.17) is 0 Å². The molecule has 1 aliphatic carbocycles. The number of amides is 1. The third-order valence-corrected chi connectivity index (χ3v) is 2.96. The Balaban J connectivity index is 1.71. The van der Waals surface area contributed by atoms with Gasteiger partial charge in [-0.05, 0) is 41.1 Å². The van der Waals surface area contributed by atoms with Crippen LogP contribution in [0.3, 0.4) is 0 Å². The molecular weight excluding hydrogens is 182 g/mol. The molecule has 0 radical (unpaired) electrons. The highest BCUT2D eigenvalue weighted by atomic mass is 32.1. The fraction of sp³-hybridized carbons (Fsp3) is 0.500. The van der Waals surface area contributed by atoms with E-state index in [0.29, 0.717) is 6.42 Å². The molecule has 70 valence electrons. The molecule has 1 aromatic heterocycles. The molecule has 0 aromatic carbocycles. The molecule has 0 unspecified atom stereocenters. The van der Waals surface area contributed by atoms with Crippen molar-refractivity contribution in [3.63, 3.8) is 0 Å². The van der Waals surface area contributed by atoms with E-state index in [1.54, 1.807) is 11.3 Å². The van der Waals surface area contributed by atoms with Crippen LogP contribution in [0.4, 0.5) is 0 Å². The smallest absolute Gasteiger partial charge is 0.224 e. The van der Waals surface area contributed by atoms with Crippen molar-refractivity contribution < 1.29 is 4.79 Å². The van der Waals surface area contributed by atoms with E-state index in [1.807, 2.05) is 16.8 Å². The van der Waals surface area contributed by atoms with Crippen molar-refractivity contribution in [1.82, 2.24) is 5.32 Å². The van der Waals surface area contributed by atoms with Crippen molar-refractivity contribution >= 4 is 17.2 Å². The predicted octanol–water partition coefficient (Wildman–Crippen LogP) is 1.82. The van der Waals surface area contributed by atoms with E-state index in [2.05, 4.69) is 5.32 Å². The summed E-state index contributed by atoms with van der Waals surface area (Å²) in [5.74, 6) is 0.928. The summed E-state index contributed by atoms with van der Waals surface area (Å²) < 4.78 is 0. The van der Waals surface area contributed by atoms with E-state index < -0.39 is 0 Å². The van der Waals surface area contributed by atoms with Gasteiger partial charge in [-0.25, -0.2) is 0 Å². The molecule has 0 atom stereocenters. The second-order valence-corrected chi connectivity index (χ2v) is 4.34. The lowest BCUT2D eigenvalue weighted by molar-refractivity contribution is -0.120. The number of carbonyl (C=O) groups excluding carboxylic acids is 1. The largest absolute Gasteiger partial charge is 0.356 e. The number of hydrogen-bond donors (Lipinski definition) is 1. The van der Waals surface area contributed by atoms with Crippen molar-refractivity contribution in [2.24, 2.45) is 5.92 Å². The molecule has 0 saturated heterocycles. The fourth-order valence-electron chi connectivity index (χ4n) is 1.22. The fourth-order valence-corrected chi connectivity index (χ4v) is 1.89. The van der Waals surface area contributed by atoms with Crippen molar-refractivity contribution in [1.29, 1.82) is 0 Å². The highest BCUT2D eigenvalue weighted by molar-refractivity contribution is 7.07. The van der Waals surface area contributed by atoms with E-state index >= 15 is 0 Å². The van der Waals surface area contributed by atoms with Gasteiger partial charge in [-0.15, -0.1) is 0 Å². The Morgan fingerprint density at radius 3 is 3.08 bits per heavy atom. The monoisotopic (exact) mass is 195 g/mol. The summed E-state index contributed by atoms with van der Waals surface area (Å²) in [5, 5.41) is 6.98. The first kappa shape index (κ1) is 8.75. The van der Waals surface area contributed by atoms with Gasteiger partial charge in [-0.2, -0.15) is 11.3 Å². The maximum absolute atomic E-state index is 11.3. The van der Waals surface area contributed by atoms with Crippen LogP contribution >= 0.6 is 11.3 Å². The van der Waals surface area contributed by atoms with Gasteiger partial charge < -0.3 is 5.32 Å². The Hall–Kier alpha value is -0.830. The summed E-state index contributed by atoms with van der Waals surface area (Å²) in [4.78, 5) is 11.3. The van der Waals surface area contributed by atoms with E-state index in [9.17, 15) is 4.79 Å². The molecule has 13 heavy (non-hydrogen) atoms. The molecule has 2 rings (SSSR count). The Morgan fingerprint density at radius 2 is 2.46 bits per heavy atom. The van der Waals surface area contributed by atoms with Crippen molar-refractivity contribution in [2.75, 3.05) is 6.54 Å². The third-order valence-electron chi connectivity index (χ3n) is 2.23. The van der Waals surface area contributed by atoms with Gasteiger partial charge in [-0.3, -0.25) is 4.79 Å². The minimum Gasteiger partial charge on any atom is -0.356 e. The lowest BCUT2D eigenvalue weighted by atomic mass is 10.2. The molecule has 0 aliphatic heterocycles. The van der Waals surface area contributed by atoms with Crippen LogP contribution in [0, 0.1) is 5.92 Å². The Labute approximate surface area is 82.0 Å². The minimum absolute atomic E-state index is 0.158. The number of nitrogens with one attached hydrogen (secondary N) is 1. The molecule has 1 aliphatic rings. The summed E-state index contributed by atoms with van der Waals surface area (Å²) in [6, 6.07) is 2.00. The van der Waals surface area contributed by atoms with Crippen LogP contribution < -0.4 is 5.32 Å². The van der Waals surface area contributed by atoms with Crippen LogP contribution in [-0.4, -0.2) is 12.5 Å². The highest BCUT2D eigenvalue weighted by Gasteiger charge is 2.21. The second kappa shape index (κ2) is 3.92. The first-order chi connectivity index (χ1) is 6.34. The van der Waals surface area contributed by atoms with Crippen LogP contribution in [0.25, 0.3) is 0 Å². The van der Waals surface area contributed by atoms with Gasteiger partial charge in [0, 0.05) is 6.54 Å². The first-order valence-corrected chi connectivity index (χ1v) is 5.56. The van der Waals surface area contributed by atoms with Gasteiger partial charge in [0.25, 0.3) is 0 Å². The lowest BCUT2D eigenvalue weighted by Gasteiger charge is -2.01. The van der Waals surface area contributed by atoms with E-state index in [-0.39, 0.29) is 5.91 Å². The van der Waals surface area contributed by atoms with Crippen LogP contribution in [-0.2, 0) is 11.2 Å². The first-order valence-electron chi connectivity index (χ1n) is 4.62. The minimum atomic E-state index is 0.158. The van der Waals surface area contributed by atoms with Crippen LogP contribution in [0.15, 0.2) is 16.8 Å². The summed E-state index contributed by atoms with van der Waals surface area (Å²) in [6.45, 7) is 0.878. The molecule has 1 N–H and O–H groups in total. The quantitative estimate of drug-likeness (QED) is 0.780. The van der Waals surface area contributed by atoms with Gasteiger partial charge in [0.2, 0.25) is 5.91 Å². The molecule has 1 amide bonds. The zero-order valence-corrected chi connectivity index (χ0v) is 8.27. The van der Waals surface area contributed by atoms with E-state index in [0.717, 1.165) is 18.0 Å². The normalized spacial score (nSPS) is 15.7. The highest BCUT2D eigenvalue weighted by Crippen LogP contribution is 2.27. The molecular formula is C10H13NOS. The summed E-state index contributed by atoms with van der Waals surface area (Å²) >= 11 is 1.64. The third kappa shape index (κ3) is 2.84. The Kier molecular flexibility index (Phi) is 2.64. The molecule has 1 fully saturated rings. The van der Waals surface area contributed by atoms with Crippen molar-refractivity contribution in [2.45, 2.75) is 19.3 Å².